The molecular formula is C34H50O4. The second kappa shape index (κ2) is 11.2. The molecule has 2 aromatic carbocycles. The fourth-order valence-electron chi connectivity index (χ4n) is 8.06. The molecule has 0 radical (unpaired) electrons. The van der Waals surface area contributed by atoms with Crippen LogP contribution in [0.25, 0.3) is 11.1 Å². The molecular weight excluding hydrogens is 472 g/mol. The Labute approximate surface area is 230 Å². The minimum atomic E-state index is -0.862. The van der Waals surface area contributed by atoms with Crippen LogP contribution in [0.2, 0.25) is 0 Å². The van der Waals surface area contributed by atoms with Crippen LogP contribution in [0.15, 0.2) is 36.4 Å². The zero-order chi connectivity index (χ0) is 27.8. The average Bonchev–Trinajstić information content (AvgIpc) is 2.81. The van der Waals surface area contributed by atoms with Gasteiger partial charge < -0.3 is 20.4 Å². The minimum Gasteiger partial charge on any atom is -0.507 e. The van der Waals surface area contributed by atoms with Gasteiger partial charge in [0.25, 0.3) is 0 Å². The fraction of sp³-hybridized carbons (Fsp3) is 0.647. The Balaban J connectivity index is 1.66. The lowest BCUT2D eigenvalue weighted by Gasteiger charge is -2.45. The highest BCUT2D eigenvalue weighted by atomic mass is 16.3. The number of aliphatic hydroxyl groups is 2. The van der Waals surface area contributed by atoms with Crippen molar-refractivity contribution < 1.29 is 20.4 Å². The lowest BCUT2D eigenvalue weighted by molar-refractivity contribution is -0.0801. The summed E-state index contributed by atoms with van der Waals surface area (Å²) >= 11 is 0. The third-order valence-corrected chi connectivity index (χ3v) is 9.86. The molecule has 2 saturated carbocycles. The summed E-state index contributed by atoms with van der Waals surface area (Å²) in [5.41, 5.74) is 0.847. The van der Waals surface area contributed by atoms with Gasteiger partial charge in [0.2, 0.25) is 0 Å². The van der Waals surface area contributed by atoms with Crippen molar-refractivity contribution in [2.45, 2.75) is 104 Å². The largest absolute Gasteiger partial charge is 0.507 e. The predicted molar refractivity (Wildman–Crippen MR) is 155 cm³/mol. The van der Waals surface area contributed by atoms with Gasteiger partial charge in [-0.05, 0) is 72.3 Å². The molecule has 0 heterocycles. The van der Waals surface area contributed by atoms with Crippen LogP contribution in [0, 0.1) is 35.5 Å². The van der Waals surface area contributed by atoms with Crippen LogP contribution in [0.1, 0.15) is 91.2 Å². The van der Waals surface area contributed by atoms with Gasteiger partial charge in [0, 0.05) is 24.0 Å². The molecule has 4 nitrogen and oxygen atoms in total. The van der Waals surface area contributed by atoms with Crippen molar-refractivity contribution in [3.05, 3.63) is 47.5 Å². The Morgan fingerprint density at radius 2 is 1.03 bits per heavy atom. The Morgan fingerprint density at radius 1 is 0.658 bits per heavy atom. The summed E-state index contributed by atoms with van der Waals surface area (Å²) in [6, 6.07) is 11.3. The maximum Gasteiger partial charge on any atom is 0.126 e. The Morgan fingerprint density at radius 3 is 1.37 bits per heavy atom. The van der Waals surface area contributed by atoms with E-state index in [9.17, 15) is 20.4 Å². The van der Waals surface area contributed by atoms with Crippen molar-refractivity contribution in [2.24, 2.45) is 35.5 Å². The number of phenolic OH excluding ortho intramolecular Hbond substituents is 2. The van der Waals surface area contributed by atoms with Crippen LogP contribution in [-0.4, -0.2) is 31.6 Å². The number of benzene rings is 2. The van der Waals surface area contributed by atoms with Gasteiger partial charge in [-0.3, -0.25) is 0 Å². The molecule has 0 bridgehead atoms. The first-order valence-corrected chi connectivity index (χ1v) is 14.9. The Kier molecular flexibility index (Phi) is 8.55. The molecule has 0 saturated heterocycles. The van der Waals surface area contributed by atoms with E-state index in [1.54, 1.807) is 0 Å². The van der Waals surface area contributed by atoms with Crippen molar-refractivity contribution in [3.8, 4) is 22.6 Å². The average molecular weight is 523 g/mol. The number of hydrogen-bond acceptors (Lipinski definition) is 4. The summed E-state index contributed by atoms with van der Waals surface area (Å²) in [7, 11) is 0. The van der Waals surface area contributed by atoms with Crippen molar-refractivity contribution in [3.63, 3.8) is 0 Å². The van der Waals surface area contributed by atoms with E-state index in [0.29, 0.717) is 58.8 Å². The van der Waals surface area contributed by atoms with E-state index >= 15 is 0 Å². The van der Waals surface area contributed by atoms with E-state index < -0.39 is 11.2 Å². The quantitative estimate of drug-likeness (QED) is 0.304. The first-order chi connectivity index (χ1) is 17.8. The molecule has 0 amide bonds. The SMILES string of the molecule is CC(C)[C@@H]1CC[C@@H](C)C[C@@]1(O)Cc1cccc(-c2cccc(C[C@]3(O)C[C@H](C)CC[C@H]3C(C)C)c2O)c1O. The standard InChI is InChI=1S/C34H50O4/c1-21(2)29-15-13-23(5)17-33(29,37)19-25-9-7-11-27(31(25)35)28-12-8-10-26(32(28)36)20-34(38)18-24(6)14-16-30(34)22(3)4/h7-12,21-24,29-30,35-38H,13-20H2,1-6H3/t23-,24-,29+,30+,33-,34-/m1/s1. The summed E-state index contributed by atoms with van der Waals surface area (Å²) in [4.78, 5) is 0. The van der Waals surface area contributed by atoms with Gasteiger partial charge in [0.1, 0.15) is 11.5 Å². The molecule has 4 rings (SSSR count). The number of aromatic hydroxyl groups is 2. The zero-order valence-corrected chi connectivity index (χ0v) is 24.4. The van der Waals surface area contributed by atoms with Gasteiger partial charge in [-0.1, -0.05) is 90.8 Å². The van der Waals surface area contributed by atoms with E-state index in [2.05, 4.69) is 41.5 Å². The van der Waals surface area contributed by atoms with Crippen LogP contribution >= 0.6 is 0 Å². The molecule has 2 aliphatic carbocycles. The van der Waals surface area contributed by atoms with Crippen molar-refractivity contribution >= 4 is 0 Å². The molecule has 2 aliphatic rings. The lowest BCUT2D eigenvalue weighted by Crippen LogP contribution is -2.47. The molecule has 0 aliphatic heterocycles. The van der Waals surface area contributed by atoms with Crippen LogP contribution in [0.4, 0.5) is 0 Å². The minimum absolute atomic E-state index is 0.124. The van der Waals surface area contributed by atoms with Crippen LogP contribution in [0.3, 0.4) is 0 Å². The highest BCUT2D eigenvalue weighted by Gasteiger charge is 2.44. The molecule has 2 aromatic rings. The summed E-state index contributed by atoms with van der Waals surface area (Å²) in [6.07, 6.45) is 6.50. The number of rotatable bonds is 7. The van der Waals surface area contributed by atoms with Crippen molar-refractivity contribution in [1.82, 2.24) is 0 Å². The maximum absolute atomic E-state index is 11.8. The predicted octanol–water partition coefficient (Wildman–Crippen LogP) is 7.50. The van der Waals surface area contributed by atoms with Crippen LogP contribution in [0.5, 0.6) is 11.5 Å². The first-order valence-electron chi connectivity index (χ1n) is 14.9. The Hall–Kier alpha value is -2.04. The molecule has 210 valence electrons. The third-order valence-electron chi connectivity index (χ3n) is 9.86. The number of para-hydroxylation sites is 2. The van der Waals surface area contributed by atoms with Crippen LogP contribution < -0.4 is 0 Å². The molecule has 2 fully saturated rings. The smallest absolute Gasteiger partial charge is 0.126 e. The molecule has 0 unspecified atom stereocenters. The maximum atomic E-state index is 11.8. The van der Waals surface area contributed by atoms with Crippen molar-refractivity contribution in [1.29, 1.82) is 0 Å². The fourth-order valence-corrected chi connectivity index (χ4v) is 8.06. The highest BCUT2D eigenvalue weighted by molar-refractivity contribution is 5.77. The summed E-state index contributed by atoms with van der Waals surface area (Å²) in [5, 5.41) is 46.5. The second-order valence-corrected chi connectivity index (χ2v) is 13.7. The van der Waals surface area contributed by atoms with Gasteiger partial charge >= 0.3 is 0 Å². The lowest BCUT2D eigenvalue weighted by atomic mass is 9.64. The number of phenols is 2. The summed E-state index contributed by atoms with van der Waals surface area (Å²) in [5.74, 6) is 2.24. The van der Waals surface area contributed by atoms with Gasteiger partial charge in [-0.15, -0.1) is 0 Å². The van der Waals surface area contributed by atoms with Crippen molar-refractivity contribution in [2.75, 3.05) is 0 Å². The second-order valence-electron chi connectivity index (χ2n) is 13.7. The molecule has 4 N–H and O–H groups in total. The molecule has 0 aromatic heterocycles. The van der Waals surface area contributed by atoms with E-state index in [1.165, 1.54) is 0 Å². The summed E-state index contributed by atoms with van der Waals surface area (Å²) < 4.78 is 0. The first kappa shape index (κ1) is 29.0. The van der Waals surface area contributed by atoms with E-state index in [1.807, 2.05) is 36.4 Å². The third kappa shape index (κ3) is 5.77. The topological polar surface area (TPSA) is 80.9 Å². The van der Waals surface area contributed by atoms with Gasteiger partial charge in [-0.2, -0.15) is 0 Å². The van der Waals surface area contributed by atoms with Gasteiger partial charge in [0.05, 0.1) is 11.2 Å². The molecule has 4 heteroatoms. The van der Waals surface area contributed by atoms with E-state index in [0.717, 1.165) is 38.5 Å². The number of hydrogen-bond donors (Lipinski definition) is 4. The molecule has 0 spiro atoms. The normalized spacial score (nSPS) is 32.2. The van der Waals surface area contributed by atoms with Crippen LogP contribution in [-0.2, 0) is 12.8 Å². The zero-order valence-electron chi connectivity index (χ0n) is 24.4. The summed E-state index contributed by atoms with van der Waals surface area (Å²) in [6.45, 7) is 13.1. The van der Waals surface area contributed by atoms with Gasteiger partial charge in [0.15, 0.2) is 0 Å². The molecule has 38 heavy (non-hydrogen) atoms. The molecule has 6 atom stereocenters. The Bertz CT molecular complexity index is 1020. The monoisotopic (exact) mass is 522 g/mol. The van der Waals surface area contributed by atoms with E-state index in [4.69, 9.17) is 0 Å². The van der Waals surface area contributed by atoms with E-state index in [-0.39, 0.29) is 23.3 Å². The highest BCUT2D eigenvalue weighted by Crippen LogP contribution is 2.48. The van der Waals surface area contributed by atoms with Gasteiger partial charge in [-0.25, -0.2) is 0 Å².